The van der Waals surface area contributed by atoms with Crippen LogP contribution in [0.15, 0.2) is 48.6 Å². The van der Waals surface area contributed by atoms with E-state index in [9.17, 15) is 4.79 Å². The van der Waals surface area contributed by atoms with E-state index in [1.807, 2.05) is 42.5 Å². The highest BCUT2D eigenvalue weighted by Gasteiger charge is 1.99. The van der Waals surface area contributed by atoms with Crippen molar-refractivity contribution in [1.82, 2.24) is 0 Å². The number of hydrogen-bond acceptors (Lipinski definition) is 3. The lowest BCUT2D eigenvalue weighted by atomic mass is 10.2. The molecule has 0 saturated carbocycles. The van der Waals surface area contributed by atoms with Crippen molar-refractivity contribution in [3.8, 4) is 0 Å². The van der Waals surface area contributed by atoms with Gasteiger partial charge < -0.3 is 5.11 Å². The summed E-state index contributed by atoms with van der Waals surface area (Å²) in [6, 6.07) is 0. The number of carboxylic acids is 1. The largest absolute Gasteiger partial charge is 0.481 e. The number of rotatable bonds is 15. The second-order valence-electron chi connectivity index (χ2n) is 5.65. The van der Waals surface area contributed by atoms with E-state index in [1.165, 1.54) is 19.3 Å². The predicted molar refractivity (Wildman–Crippen MR) is 98.9 cm³/mol. The van der Waals surface area contributed by atoms with Crippen LogP contribution in [-0.4, -0.2) is 22.4 Å². The summed E-state index contributed by atoms with van der Waals surface area (Å²) >= 11 is 0. The second-order valence-corrected chi connectivity index (χ2v) is 5.65. The van der Waals surface area contributed by atoms with Crippen molar-refractivity contribution in [2.45, 2.75) is 70.8 Å². The van der Waals surface area contributed by atoms with E-state index in [2.05, 4.69) is 17.9 Å². The summed E-state index contributed by atoms with van der Waals surface area (Å²) in [5, 5.41) is 17.4. The molecule has 1 atom stereocenters. The molecule has 0 aromatic rings. The first kappa shape index (κ1) is 22.4. The molecule has 0 aliphatic heterocycles. The first-order valence-corrected chi connectivity index (χ1v) is 8.86. The number of aliphatic carboxylic acids is 1. The molecule has 0 bridgehead atoms. The highest BCUT2D eigenvalue weighted by Crippen LogP contribution is 2.04. The van der Waals surface area contributed by atoms with E-state index < -0.39 is 5.97 Å². The van der Waals surface area contributed by atoms with Gasteiger partial charge in [0.25, 0.3) is 0 Å². The van der Waals surface area contributed by atoms with E-state index in [-0.39, 0.29) is 12.5 Å². The van der Waals surface area contributed by atoms with Gasteiger partial charge in [-0.25, -0.2) is 4.89 Å². The Balaban J connectivity index is 3.79. The Kier molecular flexibility index (Phi) is 16.5. The van der Waals surface area contributed by atoms with Crippen molar-refractivity contribution >= 4 is 5.97 Å². The molecule has 0 fully saturated rings. The average molecular weight is 336 g/mol. The fraction of sp³-hybridized carbons (Fsp3) is 0.550. The maximum atomic E-state index is 10.3. The third kappa shape index (κ3) is 16.7. The molecule has 0 rings (SSSR count). The van der Waals surface area contributed by atoms with E-state index in [4.69, 9.17) is 10.4 Å². The van der Waals surface area contributed by atoms with Crippen LogP contribution in [0.2, 0.25) is 0 Å². The van der Waals surface area contributed by atoms with Crippen LogP contribution in [0, 0.1) is 0 Å². The van der Waals surface area contributed by atoms with Crippen LogP contribution >= 0.6 is 0 Å². The van der Waals surface area contributed by atoms with Gasteiger partial charge in [0.1, 0.15) is 6.10 Å². The molecule has 0 aliphatic carbocycles. The molecule has 0 aromatic heterocycles. The van der Waals surface area contributed by atoms with E-state index >= 15 is 0 Å². The molecule has 0 unspecified atom stereocenters. The average Bonchev–Trinajstić information content (AvgIpc) is 2.57. The molecule has 2 N–H and O–H groups in total. The van der Waals surface area contributed by atoms with E-state index in [1.54, 1.807) is 0 Å². The zero-order valence-corrected chi connectivity index (χ0v) is 14.8. The van der Waals surface area contributed by atoms with E-state index in [0.717, 1.165) is 19.3 Å². The van der Waals surface area contributed by atoms with Crippen LogP contribution in [0.1, 0.15) is 64.7 Å². The molecule has 24 heavy (non-hydrogen) atoms. The van der Waals surface area contributed by atoms with Crippen molar-refractivity contribution < 1.29 is 20.0 Å². The molecule has 136 valence electrons. The smallest absolute Gasteiger partial charge is 0.303 e. The molecule has 0 aromatic carbocycles. The molecule has 0 radical (unpaired) electrons. The van der Waals surface area contributed by atoms with Gasteiger partial charge in [0.2, 0.25) is 0 Å². The Hall–Kier alpha value is -1.65. The molecule has 0 spiro atoms. The highest BCUT2D eigenvalue weighted by atomic mass is 17.1. The minimum Gasteiger partial charge on any atom is -0.481 e. The van der Waals surface area contributed by atoms with Crippen LogP contribution in [0.3, 0.4) is 0 Å². The summed E-state index contributed by atoms with van der Waals surface area (Å²) < 4.78 is 0. The first-order valence-electron chi connectivity index (χ1n) is 8.86. The van der Waals surface area contributed by atoms with Gasteiger partial charge in [-0.2, -0.15) is 0 Å². The highest BCUT2D eigenvalue weighted by molar-refractivity contribution is 5.66. The minimum atomic E-state index is -0.748. The lowest BCUT2D eigenvalue weighted by molar-refractivity contribution is -0.264. The van der Waals surface area contributed by atoms with Crippen LogP contribution in [0.5, 0.6) is 0 Å². The van der Waals surface area contributed by atoms with Gasteiger partial charge in [-0.3, -0.25) is 10.1 Å². The van der Waals surface area contributed by atoms with Crippen LogP contribution < -0.4 is 0 Å². The zero-order valence-electron chi connectivity index (χ0n) is 14.8. The Morgan fingerprint density at radius 1 is 1.00 bits per heavy atom. The minimum absolute atomic E-state index is 0.217. The molecule has 0 heterocycles. The molecule has 0 aliphatic rings. The van der Waals surface area contributed by atoms with Gasteiger partial charge >= 0.3 is 5.97 Å². The van der Waals surface area contributed by atoms with Gasteiger partial charge in [-0.1, -0.05) is 68.4 Å². The monoisotopic (exact) mass is 336 g/mol. The number of allylic oxidation sites excluding steroid dienone is 6. The van der Waals surface area contributed by atoms with Crippen molar-refractivity contribution in [3.63, 3.8) is 0 Å². The second kappa shape index (κ2) is 17.7. The van der Waals surface area contributed by atoms with Crippen molar-refractivity contribution in [2.75, 3.05) is 0 Å². The van der Waals surface area contributed by atoms with Crippen LogP contribution in [-0.2, 0) is 9.68 Å². The first-order chi connectivity index (χ1) is 11.7. The topological polar surface area (TPSA) is 66.8 Å². The number of unbranched alkanes of at least 4 members (excludes halogenated alkanes) is 4. The number of carbonyl (C=O) groups is 1. The predicted octanol–water partition coefficient (Wildman–Crippen LogP) is 5.68. The van der Waals surface area contributed by atoms with Gasteiger partial charge in [0, 0.05) is 6.42 Å². The Morgan fingerprint density at radius 3 is 2.46 bits per heavy atom. The van der Waals surface area contributed by atoms with Gasteiger partial charge in [-0.05, 0) is 38.5 Å². The summed E-state index contributed by atoms with van der Waals surface area (Å²) in [6.07, 6.45) is 23.4. The maximum absolute atomic E-state index is 10.3. The zero-order chi connectivity index (χ0) is 17.9. The van der Waals surface area contributed by atoms with Gasteiger partial charge in [-0.15, -0.1) is 0 Å². The van der Waals surface area contributed by atoms with Crippen LogP contribution in [0.4, 0.5) is 0 Å². The quantitative estimate of drug-likeness (QED) is 0.133. The lowest BCUT2D eigenvalue weighted by Gasteiger charge is -2.03. The molecule has 0 amide bonds. The Bertz CT molecular complexity index is 408. The summed E-state index contributed by atoms with van der Waals surface area (Å²) in [5.74, 6) is -0.748. The number of hydrogen-bond donors (Lipinski definition) is 2. The SMILES string of the molecule is CCCCC/C=C\C=C\[C@H](C/C=C\C/C=C\CCCC(=O)O)OO. The van der Waals surface area contributed by atoms with Crippen molar-refractivity contribution in [3.05, 3.63) is 48.6 Å². The molecular weight excluding hydrogens is 304 g/mol. The van der Waals surface area contributed by atoms with Gasteiger partial charge in [0.05, 0.1) is 0 Å². The number of carboxylic acid groups (broad SMARTS) is 1. The normalized spacial score (nSPS) is 13.8. The molecular formula is C20H32O4. The molecule has 4 nitrogen and oxygen atoms in total. The van der Waals surface area contributed by atoms with Crippen molar-refractivity contribution in [1.29, 1.82) is 0 Å². The summed E-state index contributed by atoms with van der Waals surface area (Å²) in [4.78, 5) is 14.8. The molecule has 0 saturated heterocycles. The van der Waals surface area contributed by atoms with Crippen molar-refractivity contribution in [2.24, 2.45) is 0 Å². The van der Waals surface area contributed by atoms with Gasteiger partial charge in [0.15, 0.2) is 0 Å². The fourth-order valence-electron chi connectivity index (χ4n) is 2.02. The Labute approximate surface area is 146 Å². The fourth-order valence-corrected chi connectivity index (χ4v) is 2.02. The maximum Gasteiger partial charge on any atom is 0.303 e. The van der Waals surface area contributed by atoms with E-state index in [0.29, 0.717) is 12.8 Å². The standard InChI is InChI=1S/C20H32O4/c1-2-3-4-5-7-10-13-16-19(24-23)17-14-11-8-6-9-12-15-18-20(21)22/h6-7,9-11,13-14,16,19,23H,2-5,8,12,15,17-18H2,1H3,(H,21,22)/b9-6-,10-7-,14-11-,16-13+/t19-/m1/s1. The summed E-state index contributed by atoms with van der Waals surface area (Å²) in [5.41, 5.74) is 0. The van der Waals surface area contributed by atoms with Crippen LogP contribution in [0.25, 0.3) is 0 Å². The lowest BCUT2D eigenvalue weighted by Crippen LogP contribution is -2.04. The third-order valence-electron chi connectivity index (χ3n) is 3.42. The Morgan fingerprint density at radius 2 is 1.75 bits per heavy atom. The third-order valence-corrected chi connectivity index (χ3v) is 3.42. The molecule has 4 heteroatoms. The summed E-state index contributed by atoms with van der Waals surface area (Å²) in [7, 11) is 0. The summed E-state index contributed by atoms with van der Waals surface area (Å²) in [6.45, 7) is 2.19.